The number of rotatable bonds is 1. The summed E-state index contributed by atoms with van der Waals surface area (Å²) in [6, 6.07) is 1.72. The van der Waals surface area contributed by atoms with Gasteiger partial charge in [0.2, 0.25) is 0 Å². The second kappa shape index (κ2) is 5.36. The van der Waals surface area contributed by atoms with Gasteiger partial charge in [-0.25, -0.2) is 9.59 Å². The molecule has 10 nitrogen and oxygen atoms in total. The zero-order chi connectivity index (χ0) is 25.5. The molecule has 0 radical (unpaired) electrons. The molecule has 1 aromatic heterocycles. The van der Waals surface area contributed by atoms with E-state index < -0.39 is 68.8 Å². The number of furan rings is 1. The van der Waals surface area contributed by atoms with Crippen LogP contribution in [0.3, 0.4) is 0 Å². The number of Topliss-reactive ketones (excluding diaryl/α,β-unsaturated/α-hetero) is 1. The van der Waals surface area contributed by atoms with Gasteiger partial charge in [-0.2, -0.15) is 0 Å². The van der Waals surface area contributed by atoms with Gasteiger partial charge in [-0.05, 0) is 45.3 Å². The third kappa shape index (κ3) is 1.69. The maximum atomic E-state index is 14.2. The van der Waals surface area contributed by atoms with E-state index in [4.69, 9.17) is 23.4 Å². The highest BCUT2D eigenvalue weighted by molar-refractivity contribution is 6.07. The molecule has 190 valence electrons. The molecule has 2 saturated carbocycles. The van der Waals surface area contributed by atoms with Crippen LogP contribution in [0, 0.1) is 10.8 Å². The molecule has 0 aromatic carbocycles. The molecule has 0 amide bonds. The van der Waals surface area contributed by atoms with E-state index in [1.165, 1.54) is 19.5 Å². The number of carbonyl (C=O) groups excluding carboxylic acids is 3. The average molecular weight is 498 g/mol. The van der Waals surface area contributed by atoms with Gasteiger partial charge in [0, 0.05) is 17.4 Å². The molecule has 5 heterocycles. The second-order valence-corrected chi connectivity index (χ2v) is 12.4. The lowest BCUT2D eigenvalue weighted by atomic mass is 9.41. The quantitative estimate of drug-likeness (QED) is 0.425. The highest BCUT2D eigenvalue weighted by Gasteiger charge is 2.98. The van der Waals surface area contributed by atoms with Crippen LogP contribution < -0.4 is 0 Å². The number of ether oxygens (including phenoxy) is 4. The van der Waals surface area contributed by atoms with Gasteiger partial charge in [0.1, 0.15) is 11.7 Å². The van der Waals surface area contributed by atoms with Crippen LogP contribution in [0.4, 0.5) is 0 Å². The SMILES string of the molecule is CC12CCC3O[C@]34C[C@]3(O)C(=O)C(C)(C)[C@]56O[C@H]5C(=O)O[C@]6(C)[C@]3(O)C(=C14)C(=O)O[C@H]2c1ccoc1. The summed E-state index contributed by atoms with van der Waals surface area (Å²) in [6.07, 6.45) is 1.79. The Balaban J connectivity index is 1.47. The third-order valence-electron chi connectivity index (χ3n) is 10.7. The minimum absolute atomic E-state index is 0.254. The van der Waals surface area contributed by atoms with Crippen LogP contribution in [0.15, 0.2) is 34.2 Å². The molecule has 2 N–H and O–H groups in total. The van der Waals surface area contributed by atoms with Gasteiger partial charge in [0.25, 0.3) is 0 Å². The molecule has 9 atom stereocenters. The summed E-state index contributed by atoms with van der Waals surface area (Å²) >= 11 is 0. The van der Waals surface area contributed by atoms with Crippen molar-refractivity contribution in [3.8, 4) is 0 Å². The fraction of sp³-hybridized carbons (Fsp3) is 0.654. The predicted octanol–water partition coefficient (Wildman–Crippen LogP) is 1.04. The molecule has 0 bridgehead atoms. The van der Waals surface area contributed by atoms with Crippen LogP contribution in [0.1, 0.15) is 58.6 Å². The van der Waals surface area contributed by atoms with Crippen molar-refractivity contribution >= 4 is 17.7 Å². The van der Waals surface area contributed by atoms with Crippen LogP contribution in [-0.2, 0) is 33.3 Å². The Kier molecular flexibility index (Phi) is 3.21. The normalized spacial score (nSPS) is 54.9. The average Bonchev–Trinajstić information content (AvgIpc) is 3.64. The number of hydrogen-bond donors (Lipinski definition) is 2. The lowest BCUT2D eigenvalue weighted by molar-refractivity contribution is -0.285. The van der Waals surface area contributed by atoms with E-state index in [1.807, 2.05) is 6.92 Å². The number of hydrogen-bond acceptors (Lipinski definition) is 10. The van der Waals surface area contributed by atoms with Crippen LogP contribution >= 0.6 is 0 Å². The minimum Gasteiger partial charge on any atom is -0.472 e. The largest absolute Gasteiger partial charge is 0.472 e. The predicted molar refractivity (Wildman–Crippen MR) is 115 cm³/mol. The van der Waals surface area contributed by atoms with Gasteiger partial charge in [0.15, 0.2) is 34.3 Å². The number of aliphatic hydroxyl groups is 2. The number of carbonyl (C=O) groups is 3. The van der Waals surface area contributed by atoms with Gasteiger partial charge in [-0.15, -0.1) is 0 Å². The van der Waals surface area contributed by atoms with E-state index >= 15 is 0 Å². The zero-order valence-electron chi connectivity index (χ0n) is 20.2. The summed E-state index contributed by atoms with van der Waals surface area (Å²) in [4.78, 5) is 41.0. The number of fused-ring (bicyclic) bond motifs is 3. The lowest BCUT2D eigenvalue weighted by Gasteiger charge is -2.65. The maximum absolute atomic E-state index is 14.2. The molecular formula is C26H26O10. The van der Waals surface area contributed by atoms with E-state index in [0.717, 1.165) is 0 Å². The van der Waals surface area contributed by atoms with Crippen molar-refractivity contribution in [2.45, 2.75) is 93.3 Å². The van der Waals surface area contributed by atoms with Crippen LogP contribution in [0.2, 0.25) is 0 Å². The van der Waals surface area contributed by atoms with Gasteiger partial charge < -0.3 is 33.6 Å². The van der Waals surface area contributed by atoms with Crippen molar-refractivity contribution in [1.82, 2.24) is 0 Å². The Hall–Kier alpha value is -2.53. The molecule has 36 heavy (non-hydrogen) atoms. The van der Waals surface area contributed by atoms with Gasteiger partial charge in [-0.1, -0.05) is 6.92 Å². The van der Waals surface area contributed by atoms with Gasteiger partial charge in [0.05, 0.1) is 29.6 Å². The molecule has 8 rings (SSSR count). The molecule has 2 spiro atoms. The molecule has 5 fully saturated rings. The highest BCUT2D eigenvalue weighted by Crippen LogP contribution is 2.78. The van der Waals surface area contributed by atoms with Crippen molar-refractivity contribution in [3.63, 3.8) is 0 Å². The number of epoxide rings is 2. The van der Waals surface area contributed by atoms with Crippen molar-refractivity contribution < 1.29 is 48.0 Å². The fourth-order valence-electron chi connectivity index (χ4n) is 9.11. The lowest BCUT2D eigenvalue weighted by Crippen LogP contribution is -2.86. The van der Waals surface area contributed by atoms with Crippen LogP contribution in [0.5, 0.6) is 0 Å². The molecule has 7 aliphatic rings. The second-order valence-electron chi connectivity index (χ2n) is 12.4. The smallest absolute Gasteiger partial charge is 0.339 e. The van der Waals surface area contributed by atoms with E-state index in [9.17, 15) is 24.6 Å². The Morgan fingerprint density at radius 2 is 1.78 bits per heavy atom. The van der Waals surface area contributed by atoms with Crippen molar-refractivity contribution in [2.24, 2.45) is 10.8 Å². The van der Waals surface area contributed by atoms with E-state index in [0.29, 0.717) is 24.0 Å². The van der Waals surface area contributed by atoms with Crippen LogP contribution in [0.25, 0.3) is 0 Å². The third-order valence-corrected chi connectivity index (χ3v) is 10.7. The van der Waals surface area contributed by atoms with E-state index in [1.54, 1.807) is 19.9 Å². The first-order valence-electron chi connectivity index (χ1n) is 12.3. The van der Waals surface area contributed by atoms with Gasteiger partial charge in [-0.3, -0.25) is 4.79 Å². The first-order valence-corrected chi connectivity index (χ1v) is 12.3. The fourth-order valence-corrected chi connectivity index (χ4v) is 9.11. The summed E-state index contributed by atoms with van der Waals surface area (Å²) < 4.78 is 29.1. The van der Waals surface area contributed by atoms with Crippen molar-refractivity contribution in [1.29, 1.82) is 0 Å². The minimum atomic E-state index is -2.62. The first kappa shape index (κ1) is 21.5. The molecule has 1 aromatic rings. The van der Waals surface area contributed by atoms with Crippen molar-refractivity contribution in [2.75, 3.05) is 0 Å². The van der Waals surface area contributed by atoms with Crippen molar-refractivity contribution in [3.05, 3.63) is 35.3 Å². The summed E-state index contributed by atoms with van der Waals surface area (Å²) in [5, 5.41) is 25.0. The summed E-state index contributed by atoms with van der Waals surface area (Å²) in [5.41, 5.74) is -11.1. The standard InChI is InChI=1S/C26H26O10/c1-20(2)19(29)24(30)10-23-12(34-23)5-7-21(3)14(23)13(17(27)33-15(21)11-6-8-32-9-11)25(24,31)22(4)26(20)16(35-26)18(28)36-22/h6,8-9,12,15-16,30-31H,5,7,10H2,1-4H3/t12?,15-,16-,21?,22+,23+,24-,25+,26+/m0/s1. The topological polar surface area (TPSA) is 148 Å². The number of ketones is 1. The summed E-state index contributed by atoms with van der Waals surface area (Å²) in [6.45, 7) is 6.55. The van der Waals surface area contributed by atoms with Gasteiger partial charge >= 0.3 is 11.9 Å². The molecule has 4 aliphatic heterocycles. The number of esters is 2. The molecule has 3 aliphatic carbocycles. The summed E-state index contributed by atoms with van der Waals surface area (Å²) in [5.74, 6) is -2.36. The van der Waals surface area contributed by atoms with Crippen LogP contribution in [-0.4, -0.2) is 68.1 Å². The highest BCUT2D eigenvalue weighted by atomic mass is 16.7. The monoisotopic (exact) mass is 498 g/mol. The first-order chi connectivity index (χ1) is 16.8. The molecule has 3 saturated heterocycles. The number of cyclic esters (lactones) is 1. The Morgan fingerprint density at radius 1 is 1.03 bits per heavy atom. The zero-order valence-corrected chi connectivity index (χ0v) is 20.2. The molecule has 10 heteroatoms. The van der Waals surface area contributed by atoms with E-state index in [-0.39, 0.29) is 18.1 Å². The Bertz CT molecular complexity index is 1360. The summed E-state index contributed by atoms with van der Waals surface area (Å²) in [7, 11) is 0. The Labute approximate surface area is 205 Å². The molecular weight excluding hydrogens is 472 g/mol. The Morgan fingerprint density at radius 3 is 2.44 bits per heavy atom. The van der Waals surface area contributed by atoms with E-state index in [2.05, 4.69) is 0 Å². The molecule has 2 unspecified atom stereocenters. The maximum Gasteiger partial charge on any atom is 0.339 e.